The van der Waals surface area contributed by atoms with Gasteiger partial charge >= 0.3 is 5.97 Å². The molecule has 1 aromatic rings. The predicted octanol–water partition coefficient (Wildman–Crippen LogP) is 2.38. The average molecular weight is 217 g/mol. The summed E-state index contributed by atoms with van der Waals surface area (Å²) in [5.41, 5.74) is 2.13. The van der Waals surface area contributed by atoms with E-state index in [0.717, 1.165) is 18.2 Å². The fourth-order valence-electron chi connectivity index (χ4n) is 1.84. The molecule has 1 unspecified atom stereocenters. The standard InChI is InChI=1S/C13H15NO2/c1-10-8-9-14(10)12-5-2-11(3-6-12)4-7-13(15)16/h2-7,10H,8-9H2,1H3,(H,15,16)/b7-4+. The lowest BCUT2D eigenvalue weighted by Gasteiger charge is -2.40. The zero-order chi connectivity index (χ0) is 11.5. The smallest absolute Gasteiger partial charge is 0.328 e. The van der Waals surface area contributed by atoms with Crippen LogP contribution >= 0.6 is 0 Å². The molecular formula is C13H15NO2. The summed E-state index contributed by atoms with van der Waals surface area (Å²) in [6.45, 7) is 3.33. The van der Waals surface area contributed by atoms with Crippen molar-refractivity contribution in [3.63, 3.8) is 0 Å². The summed E-state index contributed by atoms with van der Waals surface area (Å²) in [6.07, 6.45) is 4.01. The van der Waals surface area contributed by atoms with Gasteiger partial charge in [-0.1, -0.05) is 12.1 Å². The van der Waals surface area contributed by atoms with Crippen molar-refractivity contribution < 1.29 is 9.90 Å². The Kier molecular flexibility index (Phi) is 2.95. The molecule has 1 aromatic carbocycles. The van der Waals surface area contributed by atoms with E-state index in [0.29, 0.717) is 6.04 Å². The van der Waals surface area contributed by atoms with Crippen molar-refractivity contribution in [2.45, 2.75) is 19.4 Å². The number of nitrogens with zero attached hydrogens (tertiary/aromatic N) is 1. The van der Waals surface area contributed by atoms with E-state index >= 15 is 0 Å². The van der Waals surface area contributed by atoms with E-state index in [2.05, 4.69) is 11.8 Å². The zero-order valence-corrected chi connectivity index (χ0v) is 9.26. The van der Waals surface area contributed by atoms with Gasteiger partial charge in [-0.05, 0) is 37.1 Å². The second kappa shape index (κ2) is 4.39. The molecule has 0 aromatic heterocycles. The molecule has 1 fully saturated rings. The highest BCUT2D eigenvalue weighted by Crippen LogP contribution is 2.26. The fraction of sp³-hybridized carbons (Fsp3) is 0.308. The summed E-state index contributed by atoms with van der Waals surface area (Å²) in [5, 5.41) is 8.50. The van der Waals surface area contributed by atoms with Crippen LogP contribution in [0.25, 0.3) is 6.08 Å². The maximum Gasteiger partial charge on any atom is 0.328 e. The van der Waals surface area contributed by atoms with Crippen molar-refractivity contribution in [3.05, 3.63) is 35.9 Å². The Balaban J connectivity index is 2.07. The number of aliphatic carboxylic acids is 1. The van der Waals surface area contributed by atoms with Gasteiger partial charge in [0.1, 0.15) is 0 Å². The van der Waals surface area contributed by atoms with Crippen molar-refractivity contribution in [1.29, 1.82) is 0 Å². The summed E-state index contributed by atoms with van der Waals surface area (Å²) >= 11 is 0. The van der Waals surface area contributed by atoms with Crippen LogP contribution in [0.3, 0.4) is 0 Å². The monoisotopic (exact) mass is 217 g/mol. The van der Waals surface area contributed by atoms with Gasteiger partial charge in [0.25, 0.3) is 0 Å². The van der Waals surface area contributed by atoms with Gasteiger partial charge in [-0.25, -0.2) is 4.79 Å². The van der Waals surface area contributed by atoms with Crippen LogP contribution in [0.5, 0.6) is 0 Å². The van der Waals surface area contributed by atoms with E-state index in [-0.39, 0.29) is 0 Å². The number of carboxylic acid groups (broad SMARTS) is 1. The lowest BCUT2D eigenvalue weighted by Crippen LogP contribution is -2.45. The molecule has 84 valence electrons. The first-order valence-electron chi connectivity index (χ1n) is 5.44. The van der Waals surface area contributed by atoms with Crippen molar-refractivity contribution in [1.82, 2.24) is 0 Å². The molecule has 0 amide bonds. The maximum absolute atomic E-state index is 10.4. The molecule has 1 aliphatic rings. The van der Waals surface area contributed by atoms with Gasteiger partial charge in [-0.3, -0.25) is 0 Å². The average Bonchev–Trinajstić information content (AvgIpc) is 2.26. The fourth-order valence-corrected chi connectivity index (χ4v) is 1.84. The number of rotatable bonds is 3. The summed E-state index contributed by atoms with van der Waals surface area (Å²) < 4.78 is 0. The van der Waals surface area contributed by atoms with Crippen molar-refractivity contribution in [2.24, 2.45) is 0 Å². The van der Waals surface area contributed by atoms with Crippen LogP contribution in [0.1, 0.15) is 18.9 Å². The van der Waals surface area contributed by atoms with E-state index in [1.165, 1.54) is 12.1 Å². The summed E-state index contributed by atoms with van der Waals surface area (Å²) in [7, 11) is 0. The largest absolute Gasteiger partial charge is 0.478 e. The SMILES string of the molecule is CC1CCN1c1ccc(/C=C/C(=O)O)cc1. The topological polar surface area (TPSA) is 40.5 Å². The third kappa shape index (κ3) is 2.24. The Labute approximate surface area is 95.0 Å². The van der Waals surface area contributed by atoms with E-state index in [9.17, 15) is 4.79 Å². The summed E-state index contributed by atoms with van der Waals surface area (Å²) in [5.74, 6) is -0.916. The molecular weight excluding hydrogens is 202 g/mol. The molecule has 2 rings (SSSR count). The molecule has 3 nitrogen and oxygen atoms in total. The molecule has 3 heteroatoms. The van der Waals surface area contributed by atoms with Crippen molar-refractivity contribution in [3.8, 4) is 0 Å². The number of carboxylic acids is 1. The summed E-state index contributed by atoms with van der Waals surface area (Å²) in [4.78, 5) is 12.7. The number of benzene rings is 1. The van der Waals surface area contributed by atoms with Crippen molar-refractivity contribution in [2.75, 3.05) is 11.4 Å². The molecule has 0 spiro atoms. The Hall–Kier alpha value is -1.77. The summed E-state index contributed by atoms with van der Waals surface area (Å²) in [6, 6.07) is 8.59. The maximum atomic E-state index is 10.4. The second-order valence-electron chi connectivity index (χ2n) is 4.09. The molecule has 1 atom stereocenters. The Bertz CT molecular complexity index is 408. The first-order valence-corrected chi connectivity index (χ1v) is 5.44. The third-order valence-electron chi connectivity index (χ3n) is 2.96. The van der Waals surface area contributed by atoms with Gasteiger partial charge < -0.3 is 10.0 Å². The molecule has 1 heterocycles. The lowest BCUT2D eigenvalue weighted by molar-refractivity contribution is -0.131. The third-order valence-corrected chi connectivity index (χ3v) is 2.96. The van der Waals surface area contributed by atoms with E-state index in [4.69, 9.17) is 5.11 Å². The van der Waals surface area contributed by atoms with Gasteiger partial charge in [0.15, 0.2) is 0 Å². The van der Waals surface area contributed by atoms with Gasteiger partial charge in [-0.15, -0.1) is 0 Å². The van der Waals surface area contributed by atoms with Crippen LogP contribution in [0.4, 0.5) is 5.69 Å². The number of anilines is 1. The van der Waals surface area contributed by atoms with Crippen LogP contribution in [0, 0.1) is 0 Å². The number of hydrogen-bond donors (Lipinski definition) is 1. The molecule has 0 bridgehead atoms. The highest BCUT2D eigenvalue weighted by atomic mass is 16.4. The Morgan fingerprint density at radius 2 is 2.12 bits per heavy atom. The first-order chi connectivity index (χ1) is 7.66. The zero-order valence-electron chi connectivity index (χ0n) is 9.26. The molecule has 16 heavy (non-hydrogen) atoms. The van der Waals surface area contributed by atoms with Gasteiger partial charge in [0, 0.05) is 24.4 Å². The highest BCUT2D eigenvalue weighted by molar-refractivity contribution is 5.85. The molecule has 0 aliphatic carbocycles. The minimum Gasteiger partial charge on any atom is -0.478 e. The van der Waals surface area contributed by atoms with Gasteiger partial charge in [0.05, 0.1) is 0 Å². The van der Waals surface area contributed by atoms with Crippen LogP contribution in [-0.4, -0.2) is 23.7 Å². The van der Waals surface area contributed by atoms with Gasteiger partial charge in [-0.2, -0.15) is 0 Å². The first kappa shape index (κ1) is 10.7. The molecule has 1 saturated heterocycles. The minimum absolute atomic E-state index is 0.625. The molecule has 1 N–H and O–H groups in total. The minimum atomic E-state index is -0.916. The van der Waals surface area contributed by atoms with E-state index < -0.39 is 5.97 Å². The quantitative estimate of drug-likeness (QED) is 0.790. The second-order valence-corrected chi connectivity index (χ2v) is 4.09. The molecule has 1 aliphatic heterocycles. The molecule has 0 radical (unpaired) electrons. The van der Waals surface area contributed by atoms with E-state index in [1.54, 1.807) is 6.08 Å². The normalized spacial score (nSPS) is 19.8. The van der Waals surface area contributed by atoms with Crippen LogP contribution in [-0.2, 0) is 4.79 Å². The van der Waals surface area contributed by atoms with Gasteiger partial charge in [0.2, 0.25) is 0 Å². The molecule has 0 saturated carbocycles. The Morgan fingerprint density at radius 3 is 2.56 bits per heavy atom. The van der Waals surface area contributed by atoms with E-state index in [1.807, 2.05) is 24.3 Å². The Morgan fingerprint density at radius 1 is 1.44 bits per heavy atom. The highest BCUT2D eigenvalue weighted by Gasteiger charge is 2.22. The number of carbonyl (C=O) groups is 1. The lowest BCUT2D eigenvalue weighted by atomic mass is 10.0. The van der Waals surface area contributed by atoms with Crippen LogP contribution < -0.4 is 4.90 Å². The van der Waals surface area contributed by atoms with Crippen molar-refractivity contribution >= 4 is 17.7 Å². The van der Waals surface area contributed by atoms with Crippen LogP contribution in [0.2, 0.25) is 0 Å². The predicted molar refractivity (Wildman–Crippen MR) is 64.5 cm³/mol. The van der Waals surface area contributed by atoms with Crippen LogP contribution in [0.15, 0.2) is 30.3 Å². The number of hydrogen-bond acceptors (Lipinski definition) is 2.